The molecule has 0 spiro atoms. The highest BCUT2D eigenvalue weighted by molar-refractivity contribution is 5.99. The number of hydrogen-bond acceptors (Lipinski definition) is 14. The molecule has 2 bridgehead atoms. The van der Waals surface area contributed by atoms with Crippen LogP contribution in [0.3, 0.4) is 0 Å². The average molecular weight is 766 g/mol. The molecule has 2 saturated heterocycles. The largest absolute Gasteiger partial charge is 0.467 e. The zero-order valence-electron chi connectivity index (χ0n) is 29.1. The second-order valence-electron chi connectivity index (χ2n) is 12.9. The van der Waals surface area contributed by atoms with Crippen molar-refractivity contribution >= 4 is 35.7 Å². The van der Waals surface area contributed by atoms with Crippen LogP contribution in [0.5, 0.6) is 5.75 Å². The summed E-state index contributed by atoms with van der Waals surface area (Å²) in [6.07, 6.45) is -7.72. The minimum atomic E-state index is -2.09. The van der Waals surface area contributed by atoms with Crippen LogP contribution in [-0.4, -0.2) is 101 Å². The third kappa shape index (κ3) is 7.34. The van der Waals surface area contributed by atoms with Crippen LogP contribution in [0.4, 0.5) is 13.2 Å². The minimum Gasteiger partial charge on any atom is -0.467 e. The molecule has 3 aliphatic heterocycles. The van der Waals surface area contributed by atoms with E-state index in [1.54, 1.807) is 0 Å². The van der Waals surface area contributed by atoms with Gasteiger partial charge in [0.25, 0.3) is 11.8 Å². The first-order valence-corrected chi connectivity index (χ1v) is 16.7. The van der Waals surface area contributed by atoms with E-state index in [-0.39, 0.29) is 18.7 Å². The Morgan fingerprint density at radius 2 is 1.52 bits per heavy atom. The second-order valence-corrected chi connectivity index (χ2v) is 12.9. The predicted octanol–water partition coefficient (Wildman–Crippen LogP) is 1.00. The molecule has 17 nitrogen and oxygen atoms in total. The van der Waals surface area contributed by atoms with Crippen LogP contribution in [0, 0.1) is 17.5 Å². The number of nitrogens with one attached hydrogen (secondary N) is 1. The van der Waals surface area contributed by atoms with Gasteiger partial charge in [-0.05, 0) is 19.3 Å². The molecule has 20 heteroatoms. The fraction of sp³-hybridized carbons (Fsp3) is 0.500. The molecule has 1 N–H and O–H groups in total. The van der Waals surface area contributed by atoms with E-state index < -0.39 is 125 Å². The number of hydrogen-bond donors (Lipinski definition) is 1. The first-order valence-electron chi connectivity index (χ1n) is 16.7. The molecule has 4 aliphatic rings. The maximum atomic E-state index is 14.4. The number of pyridine rings is 1. The van der Waals surface area contributed by atoms with Crippen molar-refractivity contribution in [2.75, 3.05) is 7.11 Å². The average Bonchev–Trinajstić information content (AvgIpc) is 3.46. The predicted molar refractivity (Wildman–Crippen MR) is 169 cm³/mol. The zero-order valence-corrected chi connectivity index (χ0v) is 29.1. The Hall–Kier alpha value is -5.50. The molecule has 2 aromatic rings. The second kappa shape index (κ2) is 15.1. The number of nitrogens with zero attached hydrogens (tertiary/aromatic N) is 2. The minimum absolute atomic E-state index is 0.125. The first kappa shape index (κ1) is 38.2. The number of amides is 2. The molecule has 1 saturated carbocycles. The van der Waals surface area contributed by atoms with Gasteiger partial charge in [0, 0.05) is 57.3 Å². The fourth-order valence-corrected chi connectivity index (χ4v) is 7.10. The van der Waals surface area contributed by atoms with Crippen molar-refractivity contribution in [3.63, 3.8) is 0 Å². The number of carbonyl (C=O) groups is 6. The van der Waals surface area contributed by atoms with E-state index in [0.29, 0.717) is 31.4 Å². The molecule has 4 heterocycles. The maximum Gasteiger partial charge on any atom is 0.339 e. The van der Waals surface area contributed by atoms with Crippen molar-refractivity contribution < 1.29 is 75.1 Å². The van der Waals surface area contributed by atoms with Crippen molar-refractivity contribution in [2.45, 2.75) is 102 Å². The summed E-state index contributed by atoms with van der Waals surface area (Å²) in [5, 5.41) is 2.20. The van der Waals surface area contributed by atoms with Crippen LogP contribution in [0.1, 0.15) is 66.4 Å². The summed E-state index contributed by atoms with van der Waals surface area (Å²) in [7, 11) is 0.962. The van der Waals surface area contributed by atoms with Gasteiger partial charge >= 0.3 is 23.9 Å². The lowest BCUT2D eigenvalue weighted by atomic mass is 9.97. The SMILES string of the molecule is COC(=O)[C@H]1O[C@@H](Oc2c3n(cc(C(=O)NCc4c(F)cc(F)cc4F)c2=O)C[C@H]2O[C@@H]4CC[C@@H](C4)N2C3=O)[C@H](OC(C)=O)[C@@H](OC(C)=O)[C@@H]1OC(C)=O. The summed E-state index contributed by atoms with van der Waals surface area (Å²) in [5.74, 6) is -10.8. The van der Waals surface area contributed by atoms with Gasteiger partial charge in [-0.2, -0.15) is 0 Å². The Kier molecular flexibility index (Phi) is 10.7. The van der Waals surface area contributed by atoms with Crippen molar-refractivity contribution in [3.8, 4) is 5.75 Å². The molecule has 290 valence electrons. The van der Waals surface area contributed by atoms with Gasteiger partial charge in [0.15, 0.2) is 30.2 Å². The highest BCUT2D eigenvalue weighted by Gasteiger charge is 2.57. The van der Waals surface area contributed by atoms with Crippen molar-refractivity contribution in [2.24, 2.45) is 0 Å². The monoisotopic (exact) mass is 765 g/mol. The zero-order chi connectivity index (χ0) is 39.2. The quantitative estimate of drug-likeness (QED) is 0.280. The molecule has 8 atom stereocenters. The van der Waals surface area contributed by atoms with Crippen LogP contribution < -0.4 is 15.5 Å². The highest BCUT2D eigenvalue weighted by atomic mass is 19.1. The van der Waals surface area contributed by atoms with Gasteiger partial charge in [-0.1, -0.05) is 0 Å². The molecule has 0 radical (unpaired) electrons. The summed E-state index contributed by atoms with van der Waals surface area (Å²) >= 11 is 0. The molecule has 0 unspecified atom stereocenters. The van der Waals surface area contributed by atoms with Gasteiger partial charge in [-0.3, -0.25) is 28.8 Å². The topological polar surface area (TPSA) is 204 Å². The molecule has 54 heavy (non-hydrogen) atoms. The summed E-state index contributed by atoms with van der Waals surface area (Å²) < 4.78 is 82.2. The number of halogens is 3. The Morgan fingerprint density at radius 1 is 0.889 bits per heavy atom. The number of rotatable bonds is 9. The summed E-state index contributed by atoms with van der Waals surface area (Å²) in [4.78, 5) is 93.3. The number of aromatic nitrogens is 1. The standard InChI is InChI=1S/C34H34F3N3O14/c1-13(41)49-27-28(50-14(2)42)30(51-15(3)43)34(54-29(27)33(47)48-4)53-26-24-32(46)40-17-5-6-18(9-17)52-23(40)12-39(24)11-20(25(26)44)31(45)38-10-19-21(36)7-16(35)8-22(19)37/h7-8,11,17-18,23,27-30,34H,5-6,9-10,12H2,1-4H3,(H,38,45)/t17-,18+,23+,27-,28-,29-,30+,34+/m0/s1. The van der Waals surface area contributed by atoms with Crippen LogP contribution in [0.25, 0.3) is 0 Å². The lowest BCUT2D eigenvalue weighted by Gasteiger charge is -2.45. The van der Waals surface area contributed by atoms with E-state index in [1.165, 1.54) is 9.47 Å². The van der Waals surface area contributed by atoms with E-state index >= 15 is 0 Å². The molecule has 1 aromatic carbocycles. The van der Waals surface area contributed by atoms with Gasteiger partial charge in [0.1, 0.15) is 23.0 Å². The number of ether oxygens (including phenoxy) is 7. The van der Waals surface area contributed by atoms with E-state index in [0.717, 1.165) is 34.1 Å². The number of fused-ring (bicyclic) bond motifs is 5. The third-order valence-electron chi connectivity index (χ3n) is 9.28. The summed E-state index contributed by atoms with van der Waals surface area (Å²) in [6.45, 7) is 1.94. The van der Waals surface area contributed by atoms with E-state index in [2.05, 4.69) is 5.32 Å². The van der Waals surface area contributed by atoms with E-state index in [4.69, 9.17) is 33.2 Å². The molecule has 2 amide bonds. The lowest BCUT2D eigenvalue weighted by Crippen LogP contribution is -2.65. The summed E-state index contributed by atoms with van der Waals surface area (Å²) in [5.41, 5.74) is -3.11. The van der Waals surface area contributed by atoms with Gasteiger partial charge < -0.3 is 47.9 Å². The molecule has 1 aromatic heterocycles. The van der Waals surface area contributed by atoms with Crippen molar-refractivity contribution in [1.29, 1.82) is 0 Å². The van der Waals surface area contributed by atoms with Crippen molar-refractivity contribution in [3.05, 3.63) is 62.8 Å². The number of methoxy groups -OCH3 is 1. The Balaban J connectivity index is 1.46. The first-order chi connectivity index (χ1) is 25.6. The van der Waals surface area contributed by atoms with Gasteiger partial charge in [-0.25, -0.2) is 18.0 Å². The number of carbonyl (C=O) groups excluding carboxylic acids is 6. The Bertz CT molecular complexity index is 1950. The third-order valence-corrected chi connectivity index (χ3v) is 9.28. The normalized spacial score (nSPS) is 26.9. The summed E-state index contributed by atoms with van der Waals surface area (Å²) in [6, 6.07) is 0.529. The maximum absolute atomic E-state index is 14.4. The fourth-order valence-electron chi connectivity index (χ4n) is 7.10. The Morgan fingerprint density at radius 3 is 2.15 bits per heavy atom. The molecule has 1 aliphatic carbocycles. The van der Waals surface area contributed by atoms with Gasteiger partial charge in [-0.15, -0.1) is 0 Å². The molecule has 6 rings (SSSR count). The van der Waals surface area contributed by atoms with Crippen LogP contribution in [-0.2, 0) is 60.7 Å². The number of benzene rings is 1. The molecular formula is C34H34F3N3O14. The molecule has 3 fully saturated rings. The van der Waals surface area contributed by atoms with E-state index in [1.807, 2.05) is 0 Å². The van der Waals surface area contributed by atoms with Gasteiger partial charge in [0.2, 0.25) is 23.6 Å². The van der Waals surface area contributed by atoms with Gasteiger partial charge in [0.05, 0.1) is 19.8 Å². The van der Waals surface area contributed by atoms with Crippen LogP contribution >= 0.6 is 0 Å². The van der Waals surface area contributed by atoms with E-state index in [9.17, 15) is 46.7 Å². The smallest absolute Gasteiger partial charge is 0.339 e. The molecular weight excluding hydrogens is 731 g/mol. The van der Waals surface area contributed by atoms with Crippen LogP contribution in [0.15, 0.2) is 23.1 Å². The van der Waals surface area contributed by atoms with Crippen molar-refractivity contribution in [1.82, 2.24) is 14.8 Å². The Labute approximate surface area is 303 Å². The van der Waals surface area contributed by atoms with Crippen LogP contribution in [0.2, 0.25) is 0 Å². The highest BCUT2D eigenvalue weighted by Crippen LogP contribution is 2.40. The number of esters is 4. The lowest BCUT2D eigenvalue weighted by molar-refractivity contribution is -0.282.